The number of carbonyl (C=O) groups is 3. The lowest BCUT2D eigenvalue weighted by Crippen LogP contribution is -2.43. The maximum Gasteiger partial charge on any atom is 0.338 e. The largest absolute Gasteiger partial charge is 0.493 e. The highest BCUT2D eigenvalue weighted by atomic mass is 16.5. The summed E-state index contributed by atoms with van der Waals surface area (Å²) in [6.45, 7) is -0.617. The van der Waals surface area contributed by atoms with Crippen LogP contribution in [0.2, 0.25) is 0 Å². The van der Waals surface area contributed by atoms with Crippen molar-refractivity contribution < 1.29 is 37.7 Å². The van der Waals surface area contributed by atoms with Crippen molar-refractivity contribution in [3.05, 3.63) is 41.9 Å². The third-order valence-corrected chi connectivity index (χ3v) is 3.30. The van der Waals surface area contributed by atoms with E-state index in [1.165, 1.54) is 51.9 Å². The van der Waals surface area contributed by atoms with Gasteiger partial charge in [-0.3, -0.25) is 20.4 Å². The first kappa shape index (κ1) is 19.6. The summed E-state index contributed by atoms with van der Waals surface area (Å²) >= 11 is 0. The van der Waals surface area contributed by atoms with Crippen molar-refractivity contribution in [2.75, 3.05) is 27.9 Å². The zero-order valence-corrected chi connectivity index (χ0v) is 14.9. The summed E-state index contributed by atoms with van der Waals surface area (Å²) in [5.41, 5.74) is 4.31. The molecule has 2 rings (SSSR count). The van der Waals surface area contributed by atoms with Gasteiger partial charge in [0.2, 0.25) is 5.75 Å². The van der Waals surface area contributed by atoms with Crippen LogP contribution in [-0.4, -0.2) is 45.7 Å². The zero-order valence-electron chi connectivity index (χ0n) is 14.9. The Hall–Kier alpha value is -3.69. The first-order valence-electron chi connectivity index (χ1n) is 7.60. The number of hydrazine groups is 1. The summed E-state index contributed by atoms with van der Waals surface area (Å²) in [6, 6.07) is 5.72. The molecule has 0 unspecified atom stereocenters. The molecule has 27 heavy (non-hydrogen) atoms. The minimum atomic E-state index is -0.790. The van der Waals surface area contributed by atoms with Gasteiger partial charge >= 0.3 is 11.9 Å². The standard InChI is InChI=1S/C17H18N2O8/c1-23-12-7-10(8-13(24-2)15(12)25-3)17(22)27-9-14(20)18-19-16(21)11-5-4-6-26-11/h4-8H,9H2,1-3H3,(H,18,20)(H,19,21). The van der Waals surface area contributed by atoms with E-state index < -0.39 is 24.4 Å². The molecule has 0 saturated heterocycles. The zero-order chi connectivity index (χ0) is 19.8. The number of nitrogens with one attached hydrogen (secondary N) is 2. The van der Waals surface area contributed by atoms with Gasteiger partial charge in [0.25, 0.3) is 5.91 Å². The van der Waals surface area contributed by atoms with E-state index in [1.54, 1.807) is 0 Å². The SMILES string of the molecule is COc1cc(C(=O)OCC(=O)NNC(=O)c2ccco2)cc(OC)c1OC. The van der Waals surface area contributed by atoms with E-state index in [9.17, 15) is 14.4 Å². The molecule has 2 aromatic rings. The van der Waals surface area contributed by atoms with Crippen LogP contribution in [0.4, 0.5) is 0 Å². The normalized spacial score (nSPS) is 9.89. The minimum absolute atomic E-state index is 0.0183. The highest BCUT2D eigenvalue weighted by molar-refractivity contribution is 5.94. The van der Waals surface area contributed by atoms with Crippen LogP contribution in [0, 0.1) is 0 Å². The second-order valence-electron chi connectivity index (χ2n) is 4.97. The molecule has 0 radical (unpaired) electrons. The molecule has 144 valence electrons. The highest BCUT2D eigenvalue weighted by Gasteiger charge is 2.19. The van der Waals surface area contributed by atoms with Crippen LogP contribution in [0.3, 0.4) is 0 Å². The van der Waals surface area contributed by atoms with Gasteiger partial charge in [0, 0.05) is 0 Å². The Kier molecular flexibility index (Phi) is 6.64. The molecule has 0 atom stereocenters. The lowest BCUT2D eigenvalue weighted by molar-refractivity contribution is -0.125. The minimum Gasteiger partial charge on any atom is -0.493 e. The number of hydrogen-bond donors (Lipinski definition) is 2. The summed E-state index contributed by atoms with van der Waals surface area (Å²) in [5, 5.41) is 0. The van der Waals surface area contributed by atoms with Gasteiger partial charge in [0.05, 0.1) is 33.2 Å². The smallest absolute Gasteiger partial charge is 0.338 e. The summed E-state index contributed by atoms with van der Waals surface area (Å²) in [4.78, 5) is 35.5. The van der Waals surface area contributed by atoms with Gasteiger partial charge in [-0.05, 0) is 24.3 Å². The third-order valence-electron chi connectivity index (χ3n) is 3.30. The van der Waals surface area contributed by atoms with Crippen LogP contribution in [0.1, 0.15) is 20.9 Å². The fourth-order valence-corrected chi connectivity index (χ4v) is 2.05. The van der Waals surface area contributed by atoms with E-state index in [0.29, 0.717) is 5.75 Å². The molecule has 1 aromatic heterocycles. The van der Waals surface area contributed by atoms with Crippen LogP contribution in [0.25, 0.3) is 0 Å². The predicted octanol–water partition coefficient (Wildman–Crippen LogP) is 0.923. The lowest BCUT2D eigenvalue weighted by atomic mass is 10.2. The van der Waals surface area contributed by atoms with Gasteiger partial charge in [-0.15, -0.1) is 0 Å². The maximum atomic E-state index is 12.2. The molecule has 0 bridgehead atoms. The van der Waals surface area contributed by atoms with Crippen molar-refractivity contribution in [3.8, 4) is 17.2 Å². The molecule has 1 aromatic carbocycles. The van der Waals surface area contributed by atoms with Crippen molar-refractivity contribution in [3.63, 3.8) is 0 Å². The molecule has 0 saturated carbocycles. The number of ether oxygens (including phenoxy) is 4. The molecule has 10 heteroatoms. The van der Waals surface area contributed by atoms with E-state index in [4.69, 9.17) is 23.4 Å². The van der Waals surface area contributed by atoms with Crippen molar-refractivity contribution >= 4 is 17.8 Å². The number of rotatable bonds is 7. The van der Waals surface area contributed by atoms with Gasteiger partial charge < -0.3 is 23.4 Å². The molecular formula is C17H18N2O8. The second-order valence-corrected chi connectivity index (χ2v) is 4.97. The van der Waals surface area contributed by atoms with Crippen molar-refractivity contribution in [2.45, 2.75) is 0 Å². The average Bonchev–Trinajstić information content (AvgIpc) is 3.23. The molecule has 0 aliphatic carbocycles. The van der Waals surface area contributed by atoms with Crippen molar-refractivity contribution in [1.29, 1.82) is 0 Å². The Morgan fingerprint density at radius 3 is 2.19 bits per heavy atom. The van der Waals surface area contributed by atoms with Gasteiger partial charge in [-0.2, -0.15) is 0 Å². The van der Waals surface area contributed by atoms with Gasteiger partial charge in [0.15, 0.2) is 23.9 Å². The molecule has 10 nitrogen and oxygen atoms in total. The van der Waals surface area contributed by atoms with Crippen LogP contribution in [-0.2, 0) is 9.53 Å². The summed E-state index contributed by atoms with van der Waals surface area (Å²) in [6.07, 6.45) is 1.32. The molecule has 0 spiro atoms. The Morgan fingerprint density at radius 1 is 1.00 bits per heavy atom. The molecule has 2 amide bonds. The monoisotopic (exact) mass is 378 g/mol. The van der Waals surface area contributed by atoms with Gasteiger partial charge in [-0.1, -0.05) is 0 Å². The summed E-state index contributed by atoms with van der Waals surface area (Å²) < 4.78 is 25.2. The van der Waals surface area contributed by atoms with Crippen LogP contribution < -0.4 is 25.1 Å². The van der Waals surface area contributed by atoms with Crippen LogP contribution in [0.15, 0.2) is 34.9 Å². The third kappa shape index (κ3) is 4.91. The van der Waals surface area contributed by atoms with Crippen LogP contribution >= 0.6 is 0 Å². The number of hydrogen-bond acceptors (Lipinski definition) is 8. The van der Waals surface area contributed by atoms with E-state index in [1.807, 2.05) is 0 Å². The van der Waals surface area contributed by atoms with E-state index in [2.05, 4.69) is 10.9 Å². The van der Waals surface area contributed by atoms with E-state index in [-0.39, 0.29) is 22.8 Å². The highest BCUT2D eigenvalue weighted by Crippen LogP contribution is 2.38. The number of methoxy groups -OCH3 is 3. The first-order valence-corrected chi connectivity index (χ1v) is 7.60. The Labute approximate surface area is 154 Å². The number of furan rings is 1. The molecule has 0 aliphatic heterocycles. The average molecular weight is 378 g/mol. The predicted molar refractivity (Wildman–Crippen MR) is 90.7 cm³/mol. The van der Waals surface area contributed by atoms with Crippen molar-refractivity contribution in [2.24, 2.45) is 0 Å². The summed E-state index contributed by atoms with van der Waals surface area (Å²) in [5.74, 6) is -1.32. The molecule has 0 aliphatic rings. The van der Waals surface area contributed by atoms with Crippen LogP contribution in [0.5, 0.6) is 17.2 Å². The Balaban J connectivity index is 1.93. The fourth-order valence-electron chi connectivity index (χ4n) is 2.05. The number of carbonyl (C=O) groups excluding carboxylic acids is 3. The van der Waals surface area contributed by atoms with Gasteiger partial charge in [0.1, 0.15) is 0 Å². The Morgan fingerprint density at radius 2 is 1.67 bits per heavy atom. The topological polar surface area (TPSA) is 125 Å². The summed E-state index contributed by atoms with van der Waals surface area (Å²) in [7, 11) is 4.24. The quantitative estimate of drug-likeness (QED) is 0.538. The van der Waals surface area contributed by atoms with Gasteiger partial charge in [-0.25, -0.2) is 4.79 Å². The van der Waals surface area contributed by atoms with Crippen molar-refractivity contribution in [1.82, 2.24) is 10.9 Å². The van der Waals surface area contributed by atoms with E-state index >= 15 is 0 Å². The lowest BCUT2D eigenvalue weighted by Gasteiger charge is -2.13. The van der Waals surface area contributed by atoms with E-state index in [0.717, 1.165) is 0 Å². The fraction of sp³-hybridized carbons (Fsp3) is 0.235. The molecular weight excluding hydrogens is 360 g/mol. The molecule has 0 fully saturated rings. The second kappa shape index (κ2) is 9.13. The first-order chi connectivity index (χ1) is 13.0. The molecule has 2 N–H and O–H groups in total. The maximum absolute atomic E-state index is 12.2. The number of amides is 2. The molecule has 1 heterocycles. The number of benzene rings is 1. The Bertz CT molecular complexity index is 791. The number of esters is 1.